The molecule has 19 heteroatoms. The van der Waals surface area contributed by atoms with Gasteiger partial charge in [-0.15, -0.1) is 0 Å². The Labute approximate surface area is 414 Å². The zero-order chi connectivity index (χ0) is 51.3. The summed E-state index contributed by atoms with van der Waals surface area (Å²) in [6.45, 7) is 1.57. The molecule has 0 aromatic rings. The smallest absolute Gasteiger partial charge is 0.220 e. The number of aliphatic hydroxyl groups excluding tert-OH is 11. The second-order valence-corrected chi connectivity index (χ2v) is 18.6. The van der Waals surface area contributed by atoms with Crippen molar-refractivity contribution in [2.45, 2.75) is 240 Å². The second-order valence-electron chi connectivity index (χ2n) is 18.6. The van der Waals surface area contributed by atoms with E-state index in [1.165, 1.54) is 38.5 Å². The number of rotatable bonds is 35. The molecule has 0 aromatic carbocycles. The van der Waals surface area contributed by atoms with Gasteiger partial charge in [-0.3, -0.25) is 4.79 Å². The first-order valence-electron chi connectivity index (χ1n) is 25.9. The lowest BCUT2D eigenvalue weighted by Gasteiger charge is -2.48. The molecule has 12 N–H and O–H groups in total. The maximum atomic E-state index is 13.2. The molecular formula is C51H89NO18. The van der Waals surface area contributed by atoms with Crippen molar-refractivity contribution in [3.8, 4) is 0 Å². The Morgan fingerprint density at radius 2 is 0.929 bits per heavy atom. The van der Waals surface area contributed by atoms with Gasteiger partial charge in [0.05, 0.1) is 38.6 Å². The first-order chi connectivity index (χ1) is 33.8. The van der Waals surface area contributed by atoms with Gasteiger partial charge in [0, 0.05) is 6.42 Å². The summed E-state index contributed by atoms with van der Waals surface area (Å²) >= 11 is 0. The van der Waals surface area contributed by atoms with Crippen LogP contribution in [0.5, 0.6) is 0 Å². The number of aliphatic hydroxyl groups is 11. The van der Waals surface area contributed by atoms with Gasteiger partial charge in [0.25, 0.3) is 0 Å². The van der Waals surface area contributed by atoms with E-state index in [4.69, 9.17) is 28.4 Å². The normalized spacial score (nSPS) is 33.0. The van der Waals surface area contributed by atoms with E-state index in [9.17, 15) is 61.0 Å². The number of amides is 1. The van der Waals surface area contributed by atoms with Crippen LogP contribution >= 0.6 is 0 Å². The number of allylic oxidation sites excluding steroid dienone is 7. The third kappa shape index (κ3) is 21.3. The molecule has 406 valence electrons. The van der Waals surface area contributed by atoms with Crippen LogP contribution in [-0.4, -0.2) is 193 Å². The Balaban J connectivity index is 1.59. The predicted molar refractivity (Wildman–Crippen MR) is 259 cm³/mol. The van der Waals surface area contributed by atoms with Gasteiger partial charge in [0.2, 0.25) is 5.91 Å². The minimum atomic E-state index is -1.98. The Morgan fingerprint density at radius 3 is 1.47 bits per heavy atom. The first-order valence-corrected chi connectivity index (χ1v) is 25.9. The van der Waals surface area contributed by atoms with E-state index < -0.39 is 124 Å². The average molecular weight is 1000 g/mol. The van der Waals surface area contributed by atoms with Crippen molar-refractivity contribution in [1.82, 2.24) is 5.32 Å². The minimum Gasteiger partial charge on any atom is -0.394 e. The highest BCUT2D eigenvalue weighted by molar-refractivity contribution is 5.76. The number of hydrogen-bond donors (Lipinski definition) is 12. The number of unbranched alkanes of at least 4 members (excludes halogenated alkanes) is 13. The molecule has 17 atom stereocenters. The number of hydrogen-bond acceptors (Lipinski definition) is 18. The fourth-order valence-corrected chi connectivity index (χ4v) is 8.43. The molecular weight excluding hydrogens is 915 g/mol. The Hall–Kier alpha value is -2.25. The summed E-state index contributed by atoms with van der Waals surface area (Å²) in [5, 5.41) is 119. The molecule has 3 heterocycles. The van der Waals surface area contributed by atoms with Crippen LogP contribution in [-0.2, 0) is 33.2 Å². The molecule has 17 unspecified atom stereocenters. The van der Waals surface area contributed by atoms with Crippen molar-refractivity contribution in [2.75, 3.05) is 26.4 Å². The van der Waals surface area contributed by atoms with Gasteiger partial charge < -0.3 is 89.9 Å². The van der Waals surface area contributed by atoms with Crippen LogP contribution < -0.4 is 5.32 Å². The highest BCUT2D eigenvalue weighted by Crippen LogP contribution is 2.33. The van der Waals surface area contributed by atoms with Crippen molar-refractivity contribution < 1.29 is 89.4 Å². The number of ether oxygens (including phenoxy) is 6. The Kier molecular flexibility index (Phi) is 31.8. The molecule has 0 radical (unpaired) electrons. The number of carbonyl (C=O) groups is 1. The molecule has 3 saturated heterocycles. The number of nitrogens with one attached hydrogen (secondary N) is 1. The summed E-state index contributed by atoms with van der Waals surface area (Å²) in [5.74, 6) is -0.306. The first kappa shape index (κ1) is 62.0. The summed E-state index contributed by atoms with van der Waals surface area (Å²) in [6, 6.07) is -0.997. The van der Waals surface area contributed by atoms with Crippen LogP contribution in [0.15, 0.2) is 48.6 Å². The maximum absolute atomic E-state index is 13.2. The summed E-state index contributed by atoms with van der Waals surface area (Å²) < 4.78 is 34.0. The predicted octanol–water partition coefficient (Wildman–Crippen LogP) is 1.97. The Bertz CT molecular complexity index is 1480. The van der Waals surface area contributed by atoms with E-state index in [-0.39, 0.29) is 18.9 Å². The zero-order valence-corrected chi connectivity index (χ0v) is 41.5. The molecule has 0 saturated carbocycles. The molecule has 3 fully saturated rings. The highest BCUT2D eigenvalue weighted by atomic mass is 16.8. The average Bonchev–Trinajstić information content (AvgIpc) is 3.35. The van der Waals surface area contributed by atoms with E-state index in [0.717, 1.165) is 64.2 Å². The fraction of sp³-hybridized carbons (Fsp3) is 0.824. The van der Waals surface area contributed by atoms with Gasteiger partial charge in [0.1, 0.15) is 73.2 Å². The van der Waals surface area contributed by atoms with E-state index >= 15 is 0 Å². The van der Waals surface area contributed by atoms with Crippen molar-refractivity contribution >= 4 is 5.91 Å². The van der Waals surface area contributed by atoms with E-state index in [1.54, 1.807) is 6.08 Å². The van der Waals surface area contributed by atoms with Crippen LogP contribution in [0.3, 0.4) is 0 Å². The molecule has 3 aliphatic heterocycles. The molecule has 19 nitrogen and oxygen atoms in total. The maximum Gasteiger partial charge on any atom is 0.220 e. The summed E-state index contributed by atoms with van der Waals surface area (Å²) in [5.41, 5.74) is 0. The van der Waals surface area contributed by atoms with Gasteiger partial charge in [-0.1, -0.05) is 114 Å². The van der Waals surface area contributed by atoms with Crippen molar-refractivity contribution in [3.63, 3.8) is 0 Å². The van der Waals surface area contributed by atoms with Gasteiger partial charge in [-0.05, 0) is 64.2 Å². The molecule has 0 bridgehead atoms. The molecule has 0 spiro atoms. The van der Waals surface area contributed by atoms with Crippen LogP contribution in [0.25, 0.3) is 0 Å². The topological polar surface area (TPSA) is 307 Å². The van der Waals surface area contributed by atoms with Crippen LogP contribution in [0.4, 0.5) is 0 Å². The molecule has 70 heavy (non-hydrogen) atoms. The summed E-state index contributed by atoms with van der Waals surface area (Å²) in [6.07, 6.45) is 8.36. The van der Waals surface area contributed by atoms with Crippen molar-refractivity contribution in [3.05, 3.63) is 48.6 Å². The quantitative estimate of drug-likeness (QED) is 0.0319. The Morgan fingerprint density at radius 1 is 0.500 bits per heavy atom. The minimum absolute atomic E-state index is 0.219. The van der Waals surface area contributed by atoms with Crippen LogP contribution in [0.1, 0.15) is 136 Å². The van der Waals surface area contributed by atoms with Crippen LogP contribution in [0.2, 0.25) is 0 Å². The fourth-order valence-electron chi connectivity index (χ4n) is 8.43. The van der Waals surface area contributed by atoms with Gasteiger partial charge in [0.15, 0.2) is 18.9 Å². The lowest BCUT2D eigenvalue weighted by atomic mass is 9.96. The zero-order valence-electron chi connectivity index (χ0n) is 41.5. The molecule has 1 amide bonds. The lowest BCUT2D eigenvalue weighted by Crippen LogP contribution is -2.66. The second kappa shape index (κ2) is 35.8. The largest absolute Gasteiger partial charge is 0.394 e. The molecule has 0 aliphatic carbocycles. The molecule has 3 rings (SSSR count). The SMILES string of the molecule is CCCC/C=C\CCCCCCCC(=O)NC(COC1OC(CO)C(OC2OC(CO)C(OC3OC(CO)C(O)C(O)C3O)C(O)C2O)C(O)C1O)C(O)/C=C/CC/C=C/CC/C=C/CCCCCC. The standard InChI is InChI=1S/C51H89NO18/c1-3-5-7-9-11-13-15-16-17-19-20-22-24-26-28-35(56)34(52-39(57)29-27-25-23-21-18-14-12-10-8-6-4-2)33-65-49-45(63)42(60)47(37(31-54)67-49)70-51-46(64)43(61)48(38(32-55)68-51)69-50-44(62)41(59)40(58)36(30-53)66-50/h10,12-13,15,19-20,26,28,34-38,40-51,53-56,58-64H,3-9,11,14,16-18,21-25,27,29-33H2,1-2H3,(H,52,57)/b12-10-,15-13+,20-19+,28-26+. The van der Waals surface area contributed by atoms with Gasteiger partial charge in [-0.2, -0.15) is 0 Å². The van der Waals surface area contributed by atoms with E-state index in [2.05, 4.69) is 55.6 Å². The third-order valence-corrected chi connectivity index (χ3v) is 12.8. The summed E-state index contributed by atoms with van der Waals surface area (Å²) in [7, 11) is 0. The number of carbonyl (C=O) groups excluding carboxylic acids is 1. The monoisotopic (exact) mass is 1000 g/mol. The highest BCUT2D eigenvalue weighted by Gasteiger charge is 2.53. The summed E-state index contributed by atoms with van der Waals surface area (Å²) in [4.78, 5) is 13.2. The molecule has 3 aliphatic rings. The van der Waals surface area contributed by atoms with Gasteiger partial charge >= 0.3 is 0 Å². The van der Waals surface area contributed by atoms with Crippen molar-refractivity contribution in [2.24, 2.45) is 0 Å². The van der Waals surface area contributed by atoms with E-state index in [1.807, 2.05) is 6.08 Å². The van der Waals surface area contributed by atoms with Gasteiger partial charge in [-0.25, -0.2) is 0 Å². The third-order valence-electron chi connectivity index (χ3n) is 12.8. The lowest BCUT2D eigenvalue weighted by molar-refractivity contribution is -0.379. The van der Waals surface area contributed by atoms with E-state index in [0.29, 0.717) is 12.8 Å². The molecule has 0 aromatic heterocycles. The van der Waals surface area contributed by atoms with Crippen molar-refractivity contribution in [1.29, 1.82) is 0 Å². The van der Waals surface area contributed by atoms with Crippen LogP contribution in [0, 0.1) is 0 Å².